The summed E-state index contributed by atoms with van der Waals surface area (Å²) in [5.41, 5.74) is 2.70. The average molecular weight is 348 g/mol. The number of aryl methyl sites for hydroxylation is 1. The van der Waals surface area contributed by atoms with Gasteiger partial charge in [0.1, 0.15) is 0 Å². The topological polar surface area (TPSA) is 95.2 Å². The summed E-state index contributed by atoms with van der Waals surface area (Å²) in [6, 6.07) is 5.77. The van der Waals surface area contributed by atoms with Crippen molar-refractivity contribution in [3.05, 3.63) is 23.8 Å². The summed E-state index contributed by atoms with van der Waals surface area (Å²) in [7, 11) is -3.37. The van der Waals surface area contributed by atoms with Gasteiger partial charge in [0, 0.05) is 6.54 Å². The van der Waals surface area contributed by atoms with Crippen molar-refractivity contribution in [3.63, 3.8) is 0 Å². The molecule has 8 heteroatoms. The van der Waals surface area contributed by atoms with Crippen molar-refractivity contribution in [2.75, 3.05) is 18.4 Å². The van der Waals surface area contributed by atoms with E-state index >= 15 is 0 Å². The Morgan fingerprint density at radius 3 is 2.92 bits per heavy atom. The molecule has 128 valence electrons. The summed E-state index contributed by atoms with van der Waals surface area (Å²) in [5.74, 6) is -0.0248. The zero-order chi connectivity index (χ0) is 16.9. The second-order valence-electron chi connectivity index (χ2n) is 6.78. The van der Waals surface area contributed by atoms with E-state index in [0.717, 1.165) is 42.3 Å². The number of aromatic amines is 1. The molecular weight excluding hydrogens is 328 g/mol. The third-order valence-corrected chi connectivity index (χ3v) is 7.65. The number of carbonyl (C=O) groups is 1. The minimum atomic E-state index is -3.37. The molecule has 2 N–H and O–H groups in total. The molecule has 1 aromatic heterocycles. The maximum Gasteiger partial charge on any atom is 0.242 e. The highest BCUT2D eigenvalue weighted by Gasteiger charge is 2.58. The van der Waals surface area contributed by atoms with Crippen LogP contribution in [-0.4, -0.2) is 46.4 Å². The van der Waals surface area contributed by atoms with Crippen LogP contribution in [0.5, 0.6) is 0 Å². The van der Waals surface area contributed by atoms with Crippen molar-refractivity contribution in [1.82, 2.24) is 14.3 Å². The molecule has 2 aromatic rings. The zero-order valence-corrected chi connectivity index (χ0v) is 14.3. The minimum Gasteiger partial charge on any atom is -0.324 e. The molecule has 1 amide bonds. The number of aromatic nitrogens is 2. The lowest BCUT2D eigenvalue weighted by molar-refractivity contribution is -0.116. The van der Waals surface area contributed by atoms with E-state index in [-0.39, 0.29) is 12.5 Å². The van der Waals surface area contributed by atoms with Gasteiger partial charge in [0.2, 0.25) is 21.9 Å². The number of hydrogen-bond acceptors (Lipinski definition) is 4. The molecule has 0 unspecified atom stereocenters. The van der Waals surface area contributed by atoms with E-state index in [9.17, 15) is 13.2 Å². The fourth-order valence-corrected chi connectivity index (χ4v) is 5.65. The number of imidazole rings is 1. The number of rotatable bonds is 3. The van der Waals surface area contributed by atoms with Gasteiger partial charge in [-0.1, -0.05) is 6.07 Å². The molecular formula is C16H20N4O3S. The van der Waals surface area contributed by atoms with E-state index in [1.54, 1.807) is 0 Å². The predicted octanol–water partition coefficient (Wildman–Crippen LogP) is 1.77. The predicted molar refractivity (Wildman–Crippen MR) is 91.2 cm³/mol. The number of anilines is 1. The first-order valence-corrected chi connectivity index (χ1v) is 9.60. The van der Waals surface area contributed by atoms with Gasteiger partial charge in [-0.3, -0.25) is 10.1 Å². The molecule has 1 saturated carbocycles. The largest absolute Gasteiger partial charge is 0.324 e. The molecule has 1 aliphatic carbocycles. The van der Waals surface area contributed by atoms with Crippen LogP contribution in [0.3, 0.4) is 0 Å². The first-order valence-electron chi connectivity index (χ1n) is 8.16. The summed E-state index contributed by atoms with van der Waals surface area (Å²) in [4.78, 5) is 19.6. The molecule has 0 radical (unpaired) electrons. The Bertz CT molecular complexity index is 915. The Hall–Kier alpha value is -1.93. The highest BCUT2D eigenvalue weighted by atomic mass is 32.2. The molecule has 0 atom stereocenters. The normalized spacial score (nSPS) is 21.9. The maximum atomic E-state index is 12.6. The first kappa shape index (κ1) is 15.6. The van der Waals surface area contributed by atoms with E-state index in [1.807, 2.05) is 25.1 Å². The maximum absolute atomic E-state index is 12.6. The highest BCUT2D eigenvalue weighted by molar-refractivity contribution is 7.90. The van der Waals surface area contributed by atoms with Gasteiger partial charge in [-0.15, -0.1) is 0 Å². The number of fused-ring (bicyclic) bond motifs is 1. The summed E-state index contributed by atoms with van der Waals surface area (Å²) in [6.45, 7) is 2.24. The molecule has 7 nitrogen and oxygen atoms in total. The van der Waals surface area contributed by atoms with E-state index < -0.39 is 14.8 Å². The number of sulfonamides is 1. The summed E-state index contributed by atoms with van der Waals surface area (Å²) < 4.78 is 25.9. The van der Waals surface area contributed by atoms with Crippen molar-refractivity contribution in [2.45, 2.75) is 37.4 Å². The Kier molecular flexibility index (Phi) is 3.43. The second kappa shape index (κ2) is 5.29. The third-order valence-electron chi connectivity index (χ3n) is 4.95. The fourth-order valence-electron chi connectivity index (χ4n) is 3.43. The number of benzene rings is 1. The Balaban J connectivity index is 1.48. The van der Waals surface area contributed by atoms with Crippen molar-refractivity contribution in [1.29, 1.82) is 0 Å². The third kappa shape index (κ3) is 2.50. The number of hydrogen-bond donors (Lipinski definition) is 2. The molecule has 1 aromatic carbocycles. The number of nitrogens with one attached hydrogen (secondary N) is 2. The van der Waals surface area contributed by atoms with Crippen LogP contribution in [0.2, 0.25) is 0 Å². The van der Waals surface area contributed by atoms with Gasteiger partial charge in [0.15, 0.2) is 0 Å². The number of carbonyl (C=O) groups excluding carboxylic acids is 1. The van der Waals surface area contributed by atoms with Gasteiger partial charge in [-0.2, -0.15) is 4.31 Å². The monoisotopic (exact) mass is 348 g/mol. The van der Waals surface area contributed by atoms with Crippen LogP contribution in [-0.2, 0) is 14.8 Å². The number of nitrogens with zero attached hydrogens (tertiary/aromatic N) is 2. The van der Waals surface area contributed by atoms with Gasteiger partial charge in [0.05, 0.1) is 22.3 Å². The van der Waals surface area contributed by atoms with Gasteiger partial charge in [-0.05, 0) is 50.3 Å². The van der Waals surface area contributed by atoms with Crippen molar-refractivity contribution < 1.29 is 13.2 Å². The molecule has 1 aliphatic heterocycles. The van der Waals surface area contributed by atoms with E-state index in [2.05, 4.69) is 15.3 Å². The van der Waals surface area contributed by atoms with Gasteiger partial charge >= 0.3 is 0 Å². The lowest BCUT2D eigenvalue weighted by atomic mass is 10.2. The zero-order valence-electron chi connectivity index (χ0n) is 13.5. The van der Waals surface area contributed by atoms with Crippen LogP contribution in [0.25, 0.3) is 11.0 Å². The Morgan fingerprint density at radius 1 is 1.38 bits per heavy atom. The van der Waals surface area contributed by atoms with Crippen LogP contribution in [0.4, 0.5) is 5.95 Å². The molecule has 0 bridgehead atoms. The number of amides is 1. The molecule has 1 saturated heterocycles. The molecule has 24 heavy (non-hydrogen) atoms. The first-order chi connectivity index (χ1) is 11.4. The van der Waals surface area contributed by atoms with Crippen LogP contribution in [0, 0.1) is 6.92 Å². The smallest absolute Gasteiger partial charge is 0.242 e. The second-order valence-corrected chi connectivity index (χ2v) is 9.11. The lowest BCUT2D eigenvalue weighted by Gasteiger charge is -2.31. The van der Waals surface area contributed by atoms with Crippen LogP contribution >= 0.6 is 0 Å². The summed E-state index contributed by atoms with van der Waals surface area (Å²) in [5, 5.41) is 2.67. The summed E-state index contributed by atoms with van der Waals surface area (Å²) >= 11 is 0. The average Bonchev–Trinajstić information content (AvgIpc) is 3.19. The highest BCUT2D eigenvalue weighted by Crippen LogP contribution is 2.50. The summed E-state index contributed by atoms with van der Waals surface area (Å²) in [6.07, 6.45) is 2.97. The van der Waals surface area contributed by atoms with Crippen LogP contribution in [0.1, 0.15) is 31.2 Å². The van der Waals surface area contributed by atoms with E-state index in [0.29, 0.717) is 12.5 Å². The van der Waals surface area contributed by atoms with E-state index in [1.165, 1.54) is 4.31 Å². The quantitative estimate of drug-likeness (QED) is 0.884. The molecule has 1 spiro atoms. The van der Waals surface area contributed by atoms with Crippen LogP contribution in [0.15, 0.2) is 18.2 Å². The van der Waals surface area contributed by atoms with Crippen molar-refractivity contribution in [3.8, 4) is 0 Å². The van der Waals surface area contributed by atoms with Crippen molar-refractivity contribution >= 4 is 32.9 Å². The number of H-pyrrole nitrogens is 1. The minimum absolute atomic E-state index is 0.153. The van der Waals surface area contributed by atoms with Gasteiger partial charge < -0.3 is 4.98 Å². The molecule has 2 aliphatic rings. The van der Waals surface area contributed by atoms with Gasteiger partial charge in [0.25, 0.3) is 0 Å². The molecule has 2 heterocycles. The SMILES string of the molecule is Cc1ccc2nc(NC(=O)CN3CCCC4(CC4)S3(=O)=O)[nH]c2c1. The molecule has 4 rings (SSSR count). The lowest BCUT2D eigenvalue weighted by Crippen LogP contribution is -2.48. The fraction of sp³-hybridized carbons (Fsp3) is 0.500. The van der Waals surface area contributed by atoms with E-state index in [4.69, 9.17) is 0 Å². The Morgan fingerprint density at radius 2 is 2.17 bits per heavy atom. The van der Waals surface area contributed by atoms with Crippen molar-refractivity contribution in [2.24, 2.45) is 0 Å². The Labute approximate surface area is 140 Å². The molecule has 2 fully saturated rings. The van der Waals surface area contributed by atoms with Crippen LogP contribution < -0.4 is 5.32 Å². The standard InChI is InChI=1S/C16H20N4O3S/c1-11-3-4-12-13(9-11)18-15(17-12)19-14(21)10-20-8-2-5-16(6-7-16)24(20,22)23/h3-4,9H,2,5-8,10H2,1H3,(H2,17,18,19,21). The van der Waals surface area contributed by atoms with Gasteiger partial charge in [-0.25, -0.2) is 13.4 Å².